The molecule has 2 N–H and O–H groups in total. The lowest BCUT2D eigenvalue weighted by Crippen LogP contribution is -2.55. The Morgan fingerprint density at radius 1 is 1.35 bits per heavy atom. The summed E-state index contributed by atoms with van der Waals surface area (Å²) in [7, 11) is 0. The van der Waals surface area contributed by atoms with Crippen LogP contribution in [0.25, 0.3) is 0 Å². The zero-order valence-electron chi connectivity index (χ0n) is 13.0. The summed E-state index contributed by atoms with van der Waals surface area (Å²) >= 11 is 0. The zero-order valence-corrected chi connectivity index (χ0v) is 13.0. The van der Waals surface area contributed by atoms with E-state index in [-0.39, 0.29) is 5.54 Å². The van der Waals surface area contributed by atoms with Crippen molar-refractivity contribution in [2.24, 2.45) is 10.7 Å². The Hall–Kier alpha value is -0.810. The molecule has 2 fully saturated rings. The number of hydrogen-bond donors (Lipinski definition) is 1. The summed E-state index contributed by atoms with van der Waals surface area (Å²) in [5.74, 6) is 0.773. The number of nitrogens with zero attached hydrogens (tertiary/aromatic N) is 4. The maximum Gasteiger partial charge on any atom is 0.191 e. The lowest BCUT2D eigenvalue weighted by Gasteiger charge is -2.37. The highest BCUT2D eigenvalue weighted by atomic mass is 15.4. The second kappa shape index (κ2) is 5.53. The maximum absolute atomic E-state index is 6.18. The standard InChI is InChI=1S/C15H29N5/c1-3-18(4-2)9-10-20-14(16)17-11-15(20)7-8-19(12-15)13-5-6-13/h13H,3-12H2,1-2H3,(H2,16,17). The van der Waals surface area contributed by atoms with Crippen molar-refractivity contribution in [1.29, 1.82) is 0 Å². The average molecular weight is 279 g/mol. The van der Waals surface area contributed by atoms with Gasteiger partial charge in [-0.1, -0.05) is 13.8 Å². The van der Waals surface area contributed by atoms with E-state index in [1.54, 1.807) is 0 Å². The number of rotatable bonds is 6. The predicted octanol–water partition coefficient (Wildman–Crippen LogP) is 0.565. The molecule has 0 amide bonds. The predicted molar refractivity (Wildman–Crippen MR) is 82.9 cm³/mol. The summed E-state index contributed by atoms with van der Waals surface area (Å²) in [6.07, 6.45) is 4.02. The van der Waals surface area contributed by atoms with E-state index in [1.165, 1.54) is 32.4 Å². The molecule has 0 aromatic heterocycles. The van der Waals surface area contributed by atoms with Crippen LogP contribution < -0.4 is 5.73 Å². The van der Waals surface area contributed by atoms with Crippen LogP contribution in [0.1, 0.15) is 33.1 Å². The smallest absolute Gasteiger partial charge is 0.191 e. The molecule has 1 saturated heterocycles. The zero-order chi connectivity index (χ0) is 14.2. The van der Waals surface area contributed by atoms with Gasteiger partial charge in [-0.05, 0) is 32.4 Å². The Labute approximate surface area is 122 Å². The molecule has 0 aromatic rings. The molecule has 1 aliphatic carbocycles. The molecule has 3 rings (SSSR count). The molecule has 1 spiro atoms. The normalized spacial score (nSPS) is 30.8. The van der Waals surface area contributed by atoms with Crippen molar-refractivity contribution in [2.75, 3.05) is 45.8 Å². The van der Waals surface area contributed by atoms with Gasteiger partial charge in [-0.25, -0.2) is 0 Å². The van der Waals surface area contributed by atoms with Crippen LogP contribution in [-0.2, 0) is 0 Å². The summed E-state index contributed by atoms with van der Waals surface area (Å²) in [6, 6.07) is 0.862. The third kappa shape index (κ3) is 2.53. The summed E-state index contributed by atoms with van der Waals surface area (Å²) in [5.41, 5.74) is 6.39. The van der Waals surface area contributed by atoms with Crippen molar-refractivity contribution in [3.63, 3.8) is 0 Å². The fourth-order valence-electron chi connectivity index (χ4n) is 3.76. The van der Waals surface area contributed by atoms with Crippen LogP contribution in [0.2, 0.25) is 0 Å². The van der Waals surface area contributed by atoms with Crippen molar-refractivity contribution >= 4 is 5.96 Å². The van der Waals surface area contributed by atoms with Gasteiger partial charge >= 0.3 is 0 Å². The van der Waals surface area contributed by atoms with Gasteiger partial charge in [0.05, 0.1) is 12.1 Å². The van der Waals surface area contributed by atoms with E-state index in [1.807, 2.05) is 0 Å². The van der Waals surface area contributed by atoms with E-state index >= 15 is 0 Å². The van der Waals surface area contributed by atoms with Gasteiger partial charge in [0, 0.05) is 32.2 Å². The highest BCUT2D eigenvalue weighted by Crippen LogP contribution is 2.38. The molecular weight excluding hydrogens is 250 g/mol. The quantitative estimate of drug-likeness (QED) is 0.772. The van der Waals surface area contributed by atoms with Crippen LogP contribution in [0.4, 0.5) is 0 Å². The number of likely N-dealkylation sites (tertiary alicyclic amines) is 1. The van der Waals surface area contributed by atoms with Gasteiger partial charge in [-0.3, -0.25) is 9.89 Å². The fraction of sp³-hybridized carbons (Fsp3) is 0.933. The number of likely N-dealkylation sites (N-methyl/N-ethyl adjacent to an activating group) is 1. The fourth-order valence-corrected chi connectivity index (χ4v) is 3.76. The van der Waals surface area contributed by atoms with Gasteiger partial charge in [-0.15, -0.1) is 0 Å². The monoisotopic (exact) mass is 279 g/mol. The second-order valence-electron chi connectivity index (χ2n) is 6.53. The molecule has 20 heavy (non-hydrogen) atoms. The second-order valence-corrected chi connectivity index (χ2v) is 6.53. The van der Waals surface area contributed by atoms with Crippen LogP contribution in [0.5, 0.6) is 0 Å². The van der Waals surface area contributed by atoms with Crippen molar-refractivity contribution in [1.82, 2.24) is 14.7 Å². The number of hydrogen-bond acceptors (Lipinski definition) is 5. The topological polar surface area (TPSA) is 48.1 Å². The van der Waals surface area contributed by atoms with Crippen LogP contribution >= 0.6 is 0 Å². The Morgan fingerprint density at radius 2 is 2.10 bits per heavy atom. The minimum Gasteiger partial charge on any atom is -0.370 e. The molecule has 2 aliphatic heterocycles. The average Bonchev–Trinajstić information content (AvgIpc) is 3.16. The Bertz CT molecular complexity index is 374. The molecule has 0 aromatic carbocycles. The van der Waals surface area contributed by atoms with E-state index in [0.717, 1.165) is 44.7 Å². The van der Waals surface area contributed by atoms with Crippen molar-refractivity contribution in [3.8, 4) is 0 Å². The summed E-state index contributed by atoms with van der Waals surface area (Å²) in [6.45, 7) is 12.1. The molecular formula is C15H29N5. The maximum atomic E-state index is 6.18. The van der Waals surface area contributed by atoms with Gasteiger partial charge in [0.2, 0.25) is 0 Å². The number of nitrogens with two attached hydrogens (primary N) is 1. The summed E-state index contributed by atoms with van der Waals surface area (Å²) < 4.78 is 0. The first-order valence-corrected chi connectivity index (χ1v) is 8.22. The first-order valence-electron chi connectivity index (χ1n) is 8.22. The number of aliphatic imine (C=N–C) groups is 1. The highest BCUT2D eigenvalue weighted by Gasteiger charge is 2.49. The van der Waals surface area contributed by atoms with Crippen LogP contribution in [0.3, 0.4) is 0 Å². The molecule has 114 valence electrons. The molecule has 2 heterocycles. The van der Waals surface area contributed by atoms with Crippen LogP contribution in [0, 0.1) is 0 Å². The first-order chi connectivity index (χ1) is 9.68. The molecule has 5 heteroatoms. The Morgan fingerprint density at radius 3 is 2.75 bits per heavy atom. The minimum atomic E-state index is 0.208. The largest absolute Gasteiger partial charge is 0.370 e. The van der Waals surface area contributed by atoms with E-state index < -0.39 is 0 Å². The van der Waals surface area contributed by atoms with Gasteiger partial charge in [0.25, 0.3) is 0 Å². The van der Waals surface area contributed by atoms with Crippen LogP contribution in [-0.4, -0.2) is 78.1 Å². The number of guanidine groups is 1. The Balaban J connectivity index is 1.62. The van der Waals surface area contributed by atoms with E-state index in [4.69, 9.17) is 5.73 Å². The summed E-state index contributed by atoms with van der Waals surface area (Å²) in [5, 5.41) is 0. The minimum absolute atomic E-state index is 0.208. The third-order valence-electron chi connectivity index (χ3n) is 5.34. The molecule has 5 nitrogen and oxygen atoms in total. The molecule has 1 atom stereocenters. The SMILES string of the molecule is CCN(CC)CCN1C(N)=NCC12CCN(C1CC1)C2. The highest BCUT2D eigenvalue weighted by molar-refractivity contribution is 5.81. The summed E-state index contributed by atoms with van der Waals surface area (Å²) in [4.78, 5) is 12.1. The molecule has 0 radical (unpaired) electrons. The third-order valence-corrected chi connectivity index (χ3v) is 5.34. The van der Waals surface area contributed by atoms with Gasteiger partial charge in [0.15, 0.2) is 5.96 Å². The molecule has 3 aliphatic rings. The molecule has 0 bridgehead atoms. The van der Waals surface area contributed by atoms with E-state index in [0.29, 0.717) is 0 Å². The van der Waals surface area contributed by atoms with Crippen molar-refractivity contribution < 1.29 is 0 Å². The molecule has 1 unspecified atom stereocenters. The van der Waals surface area contributed by atoms with Crippen LogP contribution in [0.15, 0.2) is 4.99 Å². The first kappa shape index (κ1) is 14.1. The molecule has 1 saturated carbocycles. The van der Waals surface area contributed by atoms with Gasteiger partial charge < -0.3 is 15.5 Å². The van der Waals surface area contributed by atoms with Gasteiger partial charge in [0.1, 0.15) is 0 Å². The van der Waals surface area contributed by atoms with E-state index in [9.17, 15) is 0 Å². The van der Waals surface area contributed by atoms with Crippen molar-refractivity contribution in [3.05, 3.63) is 0 Å². The van der Waals surface area contributed by atoms with Gasteiger partial charge in [-0.2, -0.15) is 0 Å². The van der Waals surface area contributed by atoms with E-state index in [2.05, 4.69) is 33.5 Å². The van der Waals surface area contributed by atoms with Crippen molar-refractivity contribution in [2.45, 2.75) is 44.7 Å². The Kier molecular flexibility index (Phi) is 3.91. The lowest BCUT2D eigenvalue weighted by atomic mass is 9.97. The lowest BCUT2D eigenvalue weighted by molar-refractivity contribution is 0.170.